The first-order valence-corrected chi connectivity index (χ1v) is 9.17. The Labute approximate surface area is 154 Å². The summed E-state index contributed by atoms with van der Waals surface area (Å²) in [7, 11) is 3.28. The van der Waals surface area contributed by atoms with Gasteiger partial charge in [-0.05, 0) is 18.9 Å². The molecule has 0 atom stereocenters. The van der Waals surface area contributed by atoms with Crippen molar-refractivity contribution in [3.05, 3.63) is 35.5 Å². The highest BCUT2D eigenvalue weighted by atomic mass is 16.5. The lowest BCUT2D eigenvalue weighted by Crippen LogP contribution is -2.43. The number of ether oxygens (including phenoxy) is 1. The second-order valence-electron chi connectivity index (χ2n) is 6.84. The maximum atomic E-state index is 13.3. The van der Waals surface area contributed by atoms with Crippen molar-refractivity contribution in [2.45, 2.75) is 38.1 Å². The first kappa shape index (κ1) is 18.5. The van der Waals surface area contributed by atoms with Crippen LogP contribution in [0.3, 0.4) is 0 Å². The highest BCUT2D eigenvalue weighted by Crippen LogP contribution is 2.38. The largest absolute Gasteiger partial charge is 0.496 e. The van der Waals surface area contributed by atoms with Gasteiger partial charge in [-0.2, -0.15) is 0 Å². The van der Waals surface area contributed by atoms with Crippen LogP contribution >= 0.6 is 0 Å². The normalized spacial score (nSPS) is 18.7. The molecule has 1 aliphatic heterocycles. The van der Waals surface area contributed by atoms with Crippen molar-refractivity contribution >= 4 is 17.4 Å². The summed E-state index contributed by atoms with van der Waals surface area (Å²) in [4.78, 5) is 29.6. The molecule has 1 fully saturated rings. The number of methoxy groups -OCH3 is 1. The maximum Gasteiger partial charge on any atom is 0.278 e. The van der Waals surface area contributed by atoms with Gasteiger partial charge in [0.2, 0.25) is 0 Å². The Morgan fingerprint density at radius 3 is 2.50 bits per heavy atom. The van der Waals surface area contributed by atoms with Gasteiger partial charge in [-0.15, -0.1) is 0 Å². The van der Waals surface area contributed by atoms with Crippen LogP contribution in [0.25, 0.3) is 5.57 Å². The molecule has 1 aromatic rings. The summed E-state index contributed by atoms with van der Waals surface area (Å²) < 4.78 is 5.43. The molecular formula is C20H26N2O4. The molecule has 2 amide bonds. The summed E-state index contributed by atoms with van der Waals surface area (Å²) in [6.07, 6.45) is 4.93. The summed E-state index contributed by atoms with van der Waals surface area (Å²) in [5, 5.41) is 9.32. The molecule has 0 spiro atoms. The van der Waals surface area contributed by atoms with E-state index in [-0.39, 0.29) is 31.0 Å². The van der Waals surface area contributed by atoms with E-state index in [0.29, 0.717) is 22.6 Å². The lowest BCUT2D eigenvalue weighted by molar-refractivity contribution is -0.140. The molecular weight excluding hydrogens is 332 g/mol. The predicted molar refractivity (Wildman–Crippen MR) is 98.4 cm³/mol. The number of carbonyl (C=O) groups excluding carboxylic acids is 2. The van der Waals surface area contributed by atoms with Gasteiger partial charge >= 0.3 is 0 Å². The summed E-state index contributed by atoms with van der Waals surface area (Å²) in [5.41, 5.74) is 1.33. The summed E-state index contributed by atoms with van der Waals surface area (Å²) in [6, 6.07) is 7.20. The number of benzene rings is 1. The van der Waals surface area contributed by atoms with Crippen molar-refractivity contribution in [1.29, 1.82) is 0 Å². The first-order valence-electron chi connectivity index (χ1n) is 9.17. The molecule has 1 heterocycles. The SMILES string of the molecule is COc1ccccc1C1=C(N(C)CCO)C(=O)N(C2CCCCC2)C1=O. The Kier molecular flexibility index (Phi) is 5.61. The number of carbonyl (C=O) groups is 2. The van der Waals surface area contributed by atoms with Gasteiger partial charge in [0.1, 0.15) is 11.4 Å². The molecule has 2 aliphatic rings. The van der Waals surface area contributed by atoms with Gasteiger partial charge in [0, 0.05) is 25.2 Å². The van der Waals surface area contributed by atoms with Gasteiger partial charge in [-0.25, -0.2) is 0 Å². The van der Waals surface area contributed by atoms with Crippen LogP contribution in [0.15, 0.2) is 30.0 Å². The van der Waals surface area contributed by atoms with Crippen molar-refractivity contribution in [1.82, 2.24) is 9.80 Å². The summed E-state index contributed by atoms with van der Waals surface area (Å²) >= 11 is 0. The van der Waals surface area contributed by atoms with E-state index in [2.05, 4.69) is 0 Å². The second-order valence-corrected chi connectivity index (χ2v) is 6.84. The minimum absolute atomic E-state index is 0.0477. The maximum absolute atomic E-state index is 13.3. The van der Waals surface area contributed by atoms with Crippen LogP contribution in [0.1, 0.15) is 37.7 Å². The van der Waals surface area contributed by atoms with Crippen LogP contribution < -0.4 is 4.74 Å². The molecule has 26 heavy (non-hydrogen) atoms. The van der Waals surface area contributed by atoms with Crippen LogP contribution in [0.2, 0.25) is 0 Å². The van der Waals surface area contributed by atoms with E-state index in [1.54, 1.807) is 31.2 Å². The van der Waals surface area contributed by atoms with E-state index in [0.717, 1.165) is 32.1 Å². The molecule has 0 radical (unpaired) electrons. The number of likely N-dealkylation sites (N-methyl/N-ethyl adjacent to an activating group) is 1. The Balaban J connectivity index is 2.08. The van der Waals surface area contributed by atoms with Gasteiger partial charge < -0.3 is 14.7 Å². The predicted octanol–water partition coefficient (Wildman–Crippen LogP) is 2.03. The van der Waals surface area contributed by atoms with Crippen LogP contribution in [0, 0.1) is 0 Å². The number of rotatable bonds is 6. The number of para-hydroxylation sites is 1. The molecule has 0 bridgehead atoms. The van der Waals surface area contributed by atoms with Crippen molar-refractivity contribution in [3.8, 4) is 5.75 Å². The summed E-state index contributed by atoms with van der Waals surface area (Å²) in [6.45, 7) is 0.190. The smallest absolute Gasteiger partial charge is 0.278 e. The molecule has 1 saturated carbocycles. The quantitative estimate of drug-likeness (QED) is 0.788. The lowest BCUT2D eigenvalue weighted by Gasteiger charge is -2.30. The standard InChI is InChI=1S/C20H26N2O4/c1-21(12-13-23)18-17(15-10-6-7-11-16(15)26-2)19(24)22(20(18)25)14-8-4-3-5-9-14/h6-7,10-11,14,23H,3-5,8-9,12-13H2,1-2H3. The van der Waals surface area contributed by atoms with Crippen LogP contribution in [0.4, 0.5) is 0 Å². The van der Waals surface area contributed by atoms with E-state index in [1.807, 2.05) is 12.1 Å². The molecule has 6 nitrogen and oxygen atoms in total. The highest BCUT2D eigenvalue weighted by molar-refractivity contribution is 6.36. The van der Waals surface area contributed by atoms with Gasteiger partial charge in [0.05, 0.1) is 19.3 Å². The Bertz CT molecular complexity index is 722. The molecule has 3 rings (SSSR count). The van der Waals surface area contributed by atoms with Crippen molar-refractivity contribution in [2.75, 3.05) is 27.3 Å². The number of hydrogen-bond acceptors (Lipinski definition) is 5. The topological polar surface area (TPSA) is 70.1 Å². The van der Waals surface area contributed by atoms with Crippen LogP contribution in [-0.4, -0.2) is 60.1 Å². The fourth-order valence-electron chi connectivity index (χ4n) is 3.92. The van der Waals surface area contributed by atoms with E-state index in [9.17, 15) is 14.7 Å². The Morgan fingerprint density at radius 1 is 1.15 bits per heavy atom. The molecule has 6 heteroatoms. The van der Waals surface area contributed by atoms with E-state index >= 15 is 0 Å². The third-order valence-corrected chi connectivity index (χ3v) is 5.22. The third-order valence-electron chi connectivity index (χ3n) is 5.22. The molecule has 1 N–H and O–H groups in total. The zero-order valence-electron chi connectivity index (χ0n) is 15.4. The van der Waals surface area contributed by atoms with Crippen LogP contribution in [0.5, 0.6) is 5.75 Å². The number of aliphatic hydroxyl groups is 1. The number of aliphatic hydroxyl groups excluding tert-OH is 1. The van der Waals surface area contributed by atoms with Crippen LogP contribution in [-0.2, 0) is 9.59 Å². The van der Waals surface area contributed by atoms with Gasteiger partial charge in [-0.3, -0.25) is 14.5 Å². The fraction of sp³-hybridized carbons (Fsp3) is 0.500. The van der Waals surface area contributed by atoms with Gasteiger partial charge in [0.15, 0.2) is 0 Å². The first-order chi connectivity index (χ1) is 12.6. The fourth-order valence-corrected chi connectivity index (χ4v) is 3.92. The van der Waals surface area contributed by atoms with E-state index in [1.165, 1.54) is 4.90 Å². The van der Waals surface area contributed by atoms with Crippen molar-refractivity contribution < 1.29 is 19.4 Å². The molecule has 0 unspecified atom stereocenters. The average Bonchev–Trinajstić information content (AvgIpc) is 2.93. The zero-order chi connectivity index (χ0) is 18.7. The van der Waals surface area contributed by atoms with Gasteiger partial charge in [0.25, 0.3) is 11.8 Å². The molecule has 1 aromatic carbocycles. The third kappa shape index (κ3) is 3.21. The van der Waals surface area contributed by atoms with E-state index < -0.39 is 0 Å². The average molecular weight is 358 g/mol. The lowest BCUT2D eigenvalue weighted by atomic mass is 9.94. The summed E-state index contributed by atoms with van der Waals surface area (Å²) in [5.74, 6) is 0.0361. The van der Waals surface area contributed by atoms with Gasteiger partial charge in [-0.1, -0.05) is 37.5 Å². The Morgan fingerprint density at radius 2 is 1.85 bits per heavy atom. The Hall–Kier alpha value is -2.34. The highest BCUT2D eigenvalue weighted by Gasteiger charge is 2.44. The van der Waals surface area contributed by atoms with E-state index in [4.69, 9.17) is 4.74 Å². The van der Waals surface area contributed by atoms with Crippen molar-refractivity contribution in [3.63, 3.8) is 0 Å². The number of imide groups is 1. The minimum atomic E-state index is -0.265. The van der Waals surface area contributed by atoms with Crippen molar-refractivity contribution in [2.24, 2.45) is 0 Å². The number of nitrogens with zero attached hydrogens (tertiary/aromatic N) is 2. The molecule has 0 aromatic heterocycles. The minimum Gasteiger partial charge on any atom is -0.496 e. The number of amides is 2. The number of hydrogen-bond donors (Lipinski definition) is 1. The zero-order valence-corrected chi connectivity index (χ0v) is 15.4. The monoisotopic (exact) mass is 358 g/mol. The second kappa shape index (κ2) is 7.91. The molecule has 1 aliphatic carbocycles. The molecule has 0 saturated heterocycles. The molecule has 140 valence electrons.